The van der Waals surface area contributed by atoms with Crippen LogP contribution in [0.1, 0.15) is 43.4 Å². The van der Waals surface area contributed by atoms with Gasteiger partial charge in [0.1, 0.15) is 0 Å². The van der Waals surface area contributed by atoms with Crippen LogP contribution in [-0.4, -0.2) is 22.5 Å². The summed E-state index contributed by atoms with van der Waals surface area (Å²) in [5.41, 5.74) is 8.17. The van der Waals surface area contributed by atoms with Gasteiger partial charge in [-0.1, -0.05) is 18.9 Å². The van der Waals surface area contributed by atoms with Gasteiger partial charge in [0.25, 0.3) is 0 Å². The summed E-state index contributed by atoms with van der Waals surface area (Å²) in [4.78, 5) is 7.06. The minimum absolute atomic E-state index is 0.554. The van der Waals surface area contributed by atoms with Crippen LogP contribution in [0.2, 0.25) is 0 Å². The molecule has 0 aromatic carbocycles. The van der Waals surface area contributed by atoms with Crippen LogP contribution in [0, 0.1) is 5.92 Å². The van der Waals surface area contributed by atoms with Crippen LogP contribution >= 0.6 is 0 Å². The predicted molar refractivity (Wildman–Crippen MR) is 72.9 cm³/mol. The molecule has 1 saturated carbocycles. The third kappa shape index (κ3) is 2.29. The highest BCUT2D eigenvalue weighted by Crippen LogP contribution is 2.36. The fourth-order valence-electron chi connectivity index (χ4n) is 3.72. The molecule has 2 aliphatic rings. The van der Waals surface area contributed by atoms with E-state index in [1.165, 1.54) is 44.2 Å². The Balaban J connectivity index is 1.72. The number of nitrogens with zero attached hydrogens (tertiary/aromatic N) is 2. The van der Waals surface area contributed by atoms with E-state index in [4.69, 9.17) is 5.73 Å². The van der Waals surface area contributed by atoms with Crippen molar-refractivity contribution in [2.75, 3.05) is 6.54 Å². The fraction of sp³-hybridized carbons (Fsp3) is 0.667. The van der Waals surface area contributed by atoms with Crippen molar-refractivity contribution >= 4 is 0 Å². The molecule has 98 valence electrons. The van der Waals surface area contributed by atoms with Gasteiger partial charge in [-0.3, -0.25) is 9.88 Å². The zero-order chi connectivity index (χ0) is 12.4. The summed E-state index contributed by atoms with van der Waals surface area (Å²) in [6.07, 6.45) is 8.92. The first-order valence-electron chi connectivity index (χ1n) is 7.25. The summed E-state index contributed by atoms with van der Waals surface area (Å²) >= 11 is 0. The minimum Gasteiger partial charge on any atom is -0.325 e. The summed E-state index contributed by atoms with van der Waals surface area (Å²) in [6, 6.07) is 5.04. The molecule has 0 amide bonds. The Labute approximate surface area is 109 Å². The number of hydrogen-bond donors (Lipinski definition) is 1. The summed E-state index contributed by atoms with van der Waals surface area (Å²) in [6.45, 7) is 2.86. The summed E-state index contributed by atoms with van der Waals surface area (Å²) in [5.74, 6) is 0.955. The molecule has 0 bridgehead atoms. The second-order valence-electron chi connectivity index (χ2n) is 5.68. The van der Waals surface area contributed by atoms with Crippen molar-refractivity contribution in [2.24, 2.45) is 11.7 Å². The van der Waals surface area contributed by atoms with Crippen LogP contribution in [0.4, 0.5) is 0 Å². The van der Waals surface area contributed by atoms with Gasteiger partial charge in [-0.15, -0.1) is 0 Å². The van der Waals surface area contributed by atoms with E-state index >= 15 is 0 Å². The van der Waals surface area contributed by atoms with E-state index in [1.807, 2.05) is 12.3 Å². The van der Waals surface area contributed by atoms with Gasteiger partial charge < -0.3 is 5.73 Å². The lowest BCUT2D eigenvalue weighted by Gasteiger charge is -2.32. The van der Waals surface area contributed by atoms with E-state index in [1.54, 1.807) is 0 Å². The van der Waals surface area contributed by atoms with Gasteiger partial charge in [0, 0.05) is 25.3 Å². The average Bonchev–Trinajstić information content (AvgIpc) is 2.83. The minimum atomic E-state index is 0.554. The van der Waals surface area contributed by atoms with Crippen LogP contribution in [0.3, 0.4) is 0 Å². The van der Waals surface area contributed by atoms with Gasteiger partial charge in [0.2, 0.25) is 0 Å². The molecule has 3 rings (SSSR count). The number of pyridine rings is 1. The molecule has 2 N–H and O–H groups in total. The Morgan fingerprint density at radius 2 is 2.17 bits per heavy atom. The Morgan fingerprint density at radius 3 is 3.06 bits per heavy atom. The number of likely N-dealkylation sites (tertiary alicyclic amines) is 1. The van der Waals surface area contributed by atoms with Crippen molar-refractivity contribution in [3.63, 3.8) is 0 Å². The maximum absolute atomic E-state index is 5.78. The molecule has 1 aliphatic carbocycles. The third-order valence-corrected chi connectivity index (χ3v) is 4.68. The zero-order valence-electron chi connectivity index (χ0n) is 11.0. The normalized spacial score (nSPS) is 28.3. The van der Waals surface area contributed by atoms with E-state index in [0.29, 0.717) is 6.54 Å². The summed E-state index contributed by atoms with van der Waals surface area (Å²) < 4.78 is 0. The first-order chi connectivity index (χ1) is 8.88. The molecule has 2 atom stereocenters. The fourth-order valence-corrected chi connectivity index (χ4v) is 3.72. The first-order valence-corrected chi connectivity index (χ1v) is 7.25. The molecule has 2 heterocycles. The molecule has 1 aromatic heterocycles. The predicted octanol–water partition coefficient (Wildman–Crippen LogP) is 2.30. The molecule has 2 fully saturated rings. The SMILES string of the molecule is NCc1ncccc1CN1CCC2CCCCC21. The molecular formula is C15H23N3. The Hall–Kier alpha value is -0.930. The monoisotopic (exact) mass is 245 g/mol. The molecule has 0 radical (unpaired) electrons. The molecule has 1 saturated heterocycles. The number of rotatable bonds is 3. The van der Waals surface area contributed by atoms with Crippen molar-refractivity contribution in [1.82, 2.24) is 9.88 Å². The van der Waals surface area contributed by atoms with Crippen molar-refractivity contribution < 1.29 is 0 Å². The number of fused-ring (bicyclic) bond motifs is 1. The Bertz CT molecular complexity index is 404. The highest BCUT2D eigenvalue weighted by atomic mass is 15.2. The van der Waals surface area contributed by atoms with Gasteiger partial charge in [-0.2, -0.15) is 0 Å². The van der Waals surface area contributed by atoms with Gasteiger partial charge >= 0.3 is 0 Å². The van der Waals surface area contributed by atoms with Crippen molar-refractivity contribution in [3.05, 3.63) is 29.6 Å². The third-order valence-electron chi connectivity index (χ3n) is 4.68. The molecular weight excluding hydrogens is 222 g/mol. The molecule has 2 unspecified atom stereocenters. The zero-order valence-corrected chi connectivity index (χ0v) is 11.0. The van der Waals surface area contributed by atoms with Crippen LogP contribution in [0.25, 0.3) is 0 Å². The quantitative estimate of drug-likeness (QED) is 0.888. The van der Waals surface area contributed by atoms with E-state index in [9.17, 15) is 0 Å². The van der Waals surface area contributed by atoms with Gasteiger partial charge in [-0.25, -0.2) is 0 Å². The topological polar surface area (TPSA) is 42.1 Å². The van der Waals surface area contributed by atoms with E-state index in [0.717, 1.165) is 24.2 Å². The molecule has 1 aliphatic heterocycles. The van der Waals surface area contributed by atoms with Gasteiger partial charge in [0.15, 0.2) is 0 Å². The molecule has 1 aromatic rings. The van der Waals surface area contributed by atoms with E-state index in [-0.39, 0.29) is 0 Å². The summed E-state index contributed by atoms with van der Waals surface area (Å²) in [7, 11) is 0. The lowest BCUT2D eigenvalue weighted by atomic mass is 9.85. The number of nitrogens with two attached hydrogens (primary N) is 1. The Morgan fingerprint density at radius 1 is 1.28 bits per heavy atom. The standard InChI is InChI=1S/C15H23N3/c16-10-14-13(5-3-8-17-14)11-18-9-7-12-4-1-2-6-15(12)18/h3,5,8,12,15H,1-2,4,6-7,9-11,16H2. The van der Waals surface area contributed by atoms with Crippen molar-refractivity contribution in [1.29, 1.82) is 0 Å². The highest BCUT2D eigenvalue weighted by molar-refractivity contribution is 5.20. The number of aromatic nitrogens is 1. The average molecular weight is 245 g/mol. The maximum Gasteiger partial charge on any atom is 0.0584 e. The molecule has 3 heteroatoms. The van der Waals surface area contributed by atoms with Crippen molar-refractivity contribution in [2.45, 2.75) is 51.2 Å². The van der Waals surface area contributed by atoms with Crippen molar-refractivity contribution in [3.8, 4) is 0 Å². The van der Waals surface area contributed by atoms with Crippen LogP contribution < -0.4 is 5.73 Å². The smallest absolute Gasteiger partial charge is 0.0584 e. The van der Waals surface area contributed by atoms with E-state index < -0.39 is 0 Å². The van der Waals surface area contributed by atoms with Crippen LogP contribution in [0.5, 0.6) is 0 Å². The second-order valence-corrected chi connectivity index (χ2v) is 5.68. The molecule has 18 heavy (non-hydrogen) atoms. The van der Waals surface area contributed by atoms with Crippen LogP contribution in [0.15, 0.2) is 18.3 Å². The van der Waals surface area contributed by atoms with Gasteiger partial charge in [0.05, 0.1) is 5.69 Å². The van der Waals surface area contributed by atoms with E-state index in [2.05, 4.69) is 16.0 Å². The van der Waals surface area contributed by atoms with Gasteiger partial charge in [-0.05, 0) is 43.4 Å². The largest absolute Gasteiger partial charge is 0.325 e. The number of hydrogen-bond acceptors (Lipinski definition) is 3. The van der Waals surface area contributed by atoms with Crippen LogP contribution in [-0.2, 0) is 13.1 Å². The lowest BCUT2D eigenvalue weighted by Crippen LogP contribution is -2.34. The summed E-state index contributed by atoms with van der Waals surface area (Å²) in [5, 5.41) is 0. The molecule has 3 nitrogen and oxygen atoms in total. The lowest BCUT2D eigenvalue weighted by molar-refractivity contribution is 0.175. The Kier molecular flexibility index (Phi) is 3.62. The second kappa shape index (κ2) is 5.37. The highest BCUT2D eigenvalue weighted by Gasteiger charge is 2.35. The molecule has 0 spiro atoms. The first kappa shape index (κ1) is 12.1. The maximum atomic E-state index is 5.78.